The van der Waals surface area contributed by atoms with E-state index in [-0.39, 0.29) is 0 Å². The van der Waals surface area contributed by atoms with Gasteiger partial charge >= 0.3 is 0 Å². The third kappa shape index (κ3) is 5.84. The second-order valence-corrected chi connectivity index (χ2v) is 5.59. The van der Waals surface area contributed by atoms with Crippen LogP contribution in [0.2, 0.25) is 0 Å². The Morgan fingerprint density at radius 3 is 2.65 bits per heavy atom. The van der Waals surface area contributed by atoms with Crippen molar-refractivity contribution in [1.29, 1.82) is 0 Å². The number of hydrogen-bond acceptors (Lipinski definition) is 3. The third-order valence-corrected chi connectivity index (χ3v) is 4.01. The van der Waals surface area contributed by atoms with E-state index in [0.717, 1.165) is 38.8 Å². The lowest BCUT2D eigenvalue weighted by Gasteiger charge is -2.34. The molecule has 3 heteroatoms. The molecule has 0 bridgehead atoms. The summed E-state index contributed by atoms with van der Waals surface area (Å²) in [4.78, 5) is 0. The van der Waals surface area contributed by atoms with E-state index in [9.17, 15) is 0 Å². The Labute approximate surface area is 106 Å². The van der Waals surface area contributed by atoms with E-state index in [1.54, 1.807) is 7.11 Å². The predicted molar refractivity (Wildman–Crippen MR) is 71.3 cm³/mol. The number of hydrogen-bond donors (Lipinski definition) is 1. The molecular formula is C14H29NO2. The number of ether oxygens (including phenoxy) is 2. The summed E-state index contributed by atoms with van der Waals surface area (Å²) in [6.07, 6.45) is 5.05. The molecule has 0 aromatic heterocycles. The molecule has 1 unspecified atom stereocenters. The van der Waals surface area contributed by atoms with Gasteiger partial charge in [0.15, 0.2) is 0 Å². The molecule has 0 aromatic rings. The van der Waals surface area contributed by atoms with Crippen molar-refractivity contribution in [1.82, 2.24) is 5.32 Å². The second-order valence-electron chi connectivity index (χ2n) is 5.59. The minimum Gasteiger partial charge on any atom is -0.383 e. The molecule has 0 aliphatic carbocycles. The van der Waals surface area contributed by atoms with Gasteiger partial charge in [-0.2, -0.15) is 0 Å². The van der Waals surface area contributed by atoms with Gasteiger partial charge in [-0.3, -0.25) is 0 Å². The Bertz CT molecular complexity index is 193. The molecule has 0 aromatic carbocycles. The SMILES string of the molecule is CCC(C)(CNCCOC)CC1CCOCC1. The van der Waals surface area contributed by atoms with Crippen LogP contribution in [0.25, 0.3) is 0 Å². The molecular weight excluding hydrogens is 214 g/mol. The first kappa shape index (κ1) is 14.9. The van der Waals surface area contributed by atoms with Crippen molar-refractivity contribution < 1.29 is 9.47 Å². The summed E-state index contributed by atoms with van der Waals surface area (Å²) in [7, 11) is 1.75. The van der Waals surface area contributed by atoms with Crippen LogP contribution in [-0.4, -0.2) is 40.0 Å². The molecule has 1 atom stereocenters. The standard InChI is InChI=1S/C14H29NO2/c1-4-14(2,12-15-7-10-16-3)11-13-5-8-17-9-6-13/h13,15H,4-12H2,1-3H3. The van der Waals surface area contributed by atoms with Gasteiger partial charge < -0.3 is 14.8 Å². The van der Waals surface area contributed by atoms with Crippen LogP contribution in [0.1, 0.15) is 39.5 Å². The van der Waals surface area contributed by atoms with Crippen LogP contribution in [0, 0.1) is 11.3 Å². The summed E-state index contributed by atoms with van der Waals surface area (Å²) < 4.78 is 10.5. The molecule has 102 valence electrons. The van der Waals surface area contributed by atoms with E-state index in [2.05, 4.69) is 19.2 Å². The molecule has 17 heavy (non-hydrogen) atoms. The summed E-state index contributed by atoms with van der Waals surface area (Å²) >= 11 is 0. The van der Waals surface area contributed by atoms with Crippen molar-refractivity contribution in [2.24, 2.45) is 11.3 Å². The highest BCUT2D eigenvalue weighted by Crippen LogP contribution is 2.33. The van der Waals surface area contributed by atoms with E-state index in [4.69, 9.17) is 9.47 Å². The topological polar surface area (TPSA) is 30.5 Å². The van der Waals surface area contributed by atoms with Crippen LogP contribution in [-0.2, 0) is 9.47 Å². The lowest BCUT2D eigenvalue weighted by molar-refractivity contribution is 0.0479. The van der Waals surface area contributed by atoms with Crippen LogP contribution >= 0.6 is 0 Å². The van der Waals surface area contributed by atoms with Crippen molar-refractivity contribution >= 4 is 0 Å². The average molecular weight is 243 g/mol. The molecule has 3 nitrogen and oxygen atoms in total. The molecule has 1 heterocycles. The van der Waals surface area contributed by atoms with E-state index in [1.807, 2.05) is 0 Å². The molecule has 0 saturated carbocycles. The smallest absolute Gasteiger partial charge is 0.0587 e. The van der Waals surface area contributed by atoms with E-state index in [0.29, 0.717) is 5.41 Å². The van der Waals surface area contributed by atoms with Gasteiger partial charge in [0.25, 0.3) is 0 Å². The van der Waals surface area contributed by atoms with E-state index in [1.165, 1.54) is 25.7 Å². The maximum absolute atomic E-state index is 5.43. The zero-order valence-corrected chi connectivity index (χ0v) is 11.8. The third-order valence-electron chi connectivity index (χ3n) is 4.01. The van der Waals surface area contributed by atoms with Crippen molar-refractivity contribution in [2.75, 3.05) is 40.0 Å². The van der Waals surface area contributed by atoms with Gasteiger partial charge in [-0.1, -0.05) is 13.8 Å². The first-order valence-electron chi connectivity index (χ1n) is 6.97. The summed E-state index contributed by atoms with van der Waals surface area (Å²) in [6.45, 7) is 9.49. The Morgan fingerprint density at radius 2 is 2.06 bits per heavy atom. The van der Waals surface area contributed by atoms with E-state index >= 15 is 0 Å². The van der Waals surface area contributed by atoms with Gasteiger partial charge in [0.1, 0.15) is 0 Å². The van der Waals surface area contributed by atoms with Crippen molar-refractivity contribution in [3.63, 3.8) is 0 Å². The zero-order valence-electron chi connectivity index (χ0n) is 11.8. The highest BCUT2D eigenvalue weighted by atomic mass is 16.5. The second kappa shape index (κ2) is 8.06. The predicted octanol–water partition coefficient (Wildman–Crippen LogP) is 2.46. The van der Waals surface area contributed by atoms with Crippen LogP contribution in [0.5, 0.6) is 0 Å². The monoisotopic (exact) mass is 243 g/mol. The van der Waals surface area contributed by atoms with E-state index < -0.39 is 0 Å². The Kier molecular flexibility index (Phi) is 7.09. The first-order valence-corrected chi connectivity index (χ1v) is 6.97. The average Bonchev–Trinajstić information content (AvgIpc) is 2.36. The summed E-state index contributed by atoms with van der Waals surface area (Å²) in [5.74, 6) is 0.859. The molecule has 1 saturated heterocycles. The minimum absolute atomic E-state index is 0.426. The molecule has 1 aliphatic heterocycles. The summed E-state index contributed by atoms with van der Waals surface area (Å²) in [5, 5.41) is 3.51. The van der Waals surface area contributed by atoms with Crippen molar-refractivity contribution in [3.8, 4) is 0 Å². The van der Waals surface area contributed by atoms with Gasteiger partial charge in [0, 0.05) is 33.4 Å². The van der Waals surface area contributed by atoms with Crippen molar-refractivity contribution in [2.45, 2.75) is 39.5 Å². The largest absolute Gasteiger partial charge is 0.383 e. The summed E-state index contributed by atoms with van der Waals surface area (Å²) in [5.41, 5.74) is 0.426. The van der Waals surface area contributed by atoms with Crippen LogP contribution in [0.4, 0.5) is 0 Å². The van der Waals surface area contributed by atoms with Gasteiger partial charge in [0.2, 0.25) is 0 Å². The normalized spacial score (nSPS) is 21.4. The fourth-order valence-corrected chi connectivity index (χ4v) is 2.55. The highest BCUT2D eigenvalue weighted by Gasteiger charge is 2.27. The summed E-state index contributed by atoms with van der Waals surface area (Å²) in [6, 6.07) is 0. The fraction of sp³-hybridized carbons (Fsp3) is 1.00. The molecule has 0 radical (unpaired) electrons. The number of rotatable bonds is 8. The van der Waals surface area contributed by atoms with Crippen LogP contribution in [0.15, 0.2) is 0 Å². The van der Waals surface area contributed by atoms with Gasteiger partial charge in [0.05, 0.1) is 6.61 Å². The van der Waals surface area contributed by atoms with Crippen molar-refractivity contribution in [3.05, 3.63) is 0 Å². The lowest BCUT2D eigenvalue weighted by atomic mass is 9.76. The molecule has 0 spiro atoms. The quantitative estimate of drug-likeness (QED) is 0.664. The maximum Gasteiger partial charge on any atom is 0.0587 e. The minimum atomic E-state index is 0.426. The van der Waals surface area contributed by atoms with Gasteiger partial charge in [-0.25, -0.2) is 0 Å². The maximum atomic E-state index is 5.43. The highest BCUT2D eigenvalue weighted by molar-refractivity contribution is 4.80. The first-order chi connectivity index (χ1) is 8.20. The lowest BCUT2D eigenvalue weighted by Crippen LogP contribution is -2.35. The zero-order chi connectivity index (χ0) is 12.6. The molecule has 1 rings (SSSR count). The molecule has 0 amide bonds. The Hall–Kier alpha value is -0.120. The Balaban J connectivity index is 2.27. The Morgan fingerprint density at radius 1 is 1.35 bits per heavy atom. The van der Waals surface area contributed by atoms with Gasteiger partial charge in [-0.15, -0.1) is 0 Å². The van der Waals surface area contributed by atoms with Crippen LogP contribution in [0.3, 0.4) is 0 Å². The van der Waals surface area contributed by atoms with Crippen LogP contribution < -0.4 is 5.32 Å². The number of methoxy groups -OCH3 is 1. The molecule has 1 aliphatic rings. The fourth-order valence-electron chi connectivity index (χ4n) is 2.55. The number of nitrogens with one attached hydrogen (secondary N) is 1. The van der Waals surface area contributed by atoms with Gasteiger partial charge in [-0.05, 0) is 37.0 Å². The molecule has 1 fully saturated rings. The molecule has 1 N–H and O–H groups in total.